The first-order valence-corrected chi connectivity index (χ1v) is 10.4. The van der Waals surface area contributed by atoms with Crippen molar-refractivity contribution in [2.24, 2.45) is 0 Å². The Kier molecular flexibility index (Phi) is 4.96. The molecule has 1 aromatic carbocycles. The molecule has 1 fully saturated rings. The molecule has 4 aromatic rings. The van der Waals surface area contributed by atoms with Gasteiger partial charge in [0.05, 0.1) is 12.2 Å². The van der Waals surface area contributed by atoms with E-state index < -0.39 is 0 Å². The van der Waals surface area contributed by atoms with Gasteiger partial charge in [-0.3, -0.25) is 9.20 Å². The van der Waals surface area contributed by atoms with Crippen molar-refractivity contribution in [1.82, 2.24) is 24.5 Å². The number of carbonyl (C=O) groups is 1. The minimum Gasteiger partial charge on any atom is -0.441 e. The first-order valence-electron chi connectivity index (χ1n) is 9.99. The van der Waals surface area contributed by atoms with Gasteiger partial charge < -0.3 is 9.32 Å². The van der Waals surface area contributed by atoms with Crippen molar-refractivity contribution in [3.05, 3.63) is 71.6 Å². The quantitative estimate of drug-likeness (QED) is 0.479. The number of fused-ring (bicyclic) bond motifs is 1. The predicted molar refractivity (Wildman–Crippen MR) is 112 cm³/mol. The van der Waals surface area contributed by atoms with E-state index in [1.54, 1.807) is 6.20 Å². The van der Waals surface area contributed by atoms with Crippen LogP contribution >= 0.6 is 11.6 Å². The molecule has 0 saturated carbocycles. The van der Waals surface area contributed by atoms with Gasteiger partial charge in [-0.2, -0.15) is 0 Å². The van der Waals surface area contributed by atoms with E-state index in [9.17, 15) is 4.79 Å². The van der Waals surface area contributed by atoms with Crippen molar-refractivity contribution in [3.63, 3.8) is 0 Å². The van der Waals surface area contributed by atoms with Crippen LogP contribution in [0, 0.1) is 0 Å². The molecule has 1 amide bonds. The molecule has 0 bridgehead atoms. The van der Waals surface area contributed by atoms with Gasteiger partial charge in [0.15, 0.2) is 23.1 Å². The largest absolute Gasteiger partial charge is 0.441 e. The second-order valence-corrected chi connectivity index (χ2v) is 7.79. The summed E-state index contributed by atoms with van der Waals surface area (Å²) in [7, 11) is 0. The number of hydrogen-bond acceptors (Lipinski definition) is 5. The number of halogens is 1. The summed E-state index contributed by atoms with van der Waals surface area (Å²) in [5.74, 6) is 2.12. The third-order valence-corrected chi connectivity index (χ3v) is 5.70. The highest BCUT2D eigenvalue weighted by molar-refractivity contribution is 6.30. The summed E-state index contributed by atoms with van der Waals surface area (Å²) >= 11 is 5.93. The lowest BCUT2D eigenvalue weighted by Gasteiger charge is -2.23. The average Bonchev–Trinajstić information content (AvgIpc) is 3.51. The summed E-state index contributed by atoms with van der Waals surface area (Å²) in [4.78, 5) is 19.2. The number of pyridine rings is 1. The molecule has 0 aliphatic carbocycles. The Bertz CT molecular complexity index is 1180. The van der Waals surface area contributed by atoms with Gasteiger partial charge >= 0.3 is 0 Å². The zero-order chi connectivity index (χ0) is 20.5. The number of aryl methyl sites for hydroxylation is 1. The number of hydrogen-bond donors (Lipinski definition) is 0. The Hall–Kier alpha value is -3.19. The molecule has 1 saturated heterocycles. The number of rotatable bonds is 5. The number of aromatic nitrogens is 4. The normalized spacial score (nSPS) is 16.4. The van der Waals surface area contributed by atoms with E-state index in [0.717, 1.165) is 36.4 Å². The summed E-state index contributed by atoms with van der Waals surface area (Å²) in [5, 5.41) is 9.25. The van der Waals surface area contributed by atoms with Crippen LogP contribution in [-0.4, -0.2) is 36.9 Å². The lowest BCUT2D eigenvalue weighted by Crippen LogP contribution is -2.31. The summed E-state index contributed by atoms with van der Waals surface area (Å²) in [5.41, 5.74) is 1.70. The molecule has 0 radical (unpaired) electrons. The molecular weight excluding hydrogens is 402 g/mol. The van der Waals surface area contributed by atoms with Gasteiger partial charge in [-0.15, -0.1) is 10.2 Å². The van der Waals surface area contributed by atoms with Crippen LogP contribution in [0.2, 0.25) is 5.02 Å². The fourth-order valence-corrected chi connectivity index (χ4v) is 4.08. The van der Waals surface area contributed by atoms with E-state index in [2.05, 4.69) is 15.2 Å². The van der Waals surface area contributed by atoms with Gasteiger partial charge in [0.25, 0.3) is 0 Å². The third kappa shape index (κ3) is 3.57. The summed E-state index contributed by atoms with van der Waals surface area (Å²) in [6.07, 6.45) is 6.27. The van der Waals surface area contributed by atoms with Crippen molar-refractivity contribution < 1.29 is 9.21 Å². The molecule has 1 unspecified atom stereocenters. The molecule has 5 rings (SSSR count). The average molecular weight is 422 g/mol. The summed E-state index contributed by atoms with van der Waals surface area (Å²) < 4.78 is 7.79. The number of amides is 1. The van der Waals surface area contributed by atoms with Gasteiger partial charge in [-0.1, -0.05) is 17.7 Å². The number of carbonyl (C=O) groups excluding carboxylic acids is 1. The van der Waals surface area contributed by atoms with E-state index >= 15 is 0 Å². The van der Waals surface area contributed by atoms with Crippen molar-refractivity contribution in [1.29, 1.82) is 0 Å². The molecule has 0 spiro atoms. The maximum Gasteiger partial charge on any atom is 0.223 e. The van der Waals surface area contributed by atoms with Crippen LogP contribution in [0.3, 0.4) is 0 Å². The fourth-order valence-electron chi connectivity index (χ4n) is 3.95. The van der Waals surface area contributed by atoms with Crippen molar-refractivity contribution in [2.75, 3.05) is 6.54 Å². The highest BCUT2D eigenvalue weighted by Gasteiger charge is 2.33. The van der Waals surface area contributed by atoms with Crippen molar-refractivity contribution in [2.45, 2.75) is 31.7 Å². The molecule has 4 heterocycles. The van der Waals surface area contributed by atoms with E-state index in [4.69, 9.17) is 16.0 Å². The first kappa shape index (κ1) is 18.8. The zero-order valence-electron chi connectivity index (χ0n) is 16.2. The first-order chi connectivity index (χ1) is 14.7. The van der Waals surface area contributed by atoms with Crippen LogP contribution in [0.4, 0.5) is 0 Å². The Labute approximate surface area is 178 Å². The molecule has 3 aromatic heterocycles. The topological polar surface area (TPSA) is 76.5 Å². The molecule has 1 atom stereocenters. The molecule has 0 N–H and O–H groups in total. The standard InChI is InChI=1S/C22H20ClN5O2/c23-16-8-6-15(7-9-16)18-14-24-20(30-18)10-11-21(29)27-13-3-4-17(27)22-26-25-19-5-1-2-12-28(19)22/h1-2,5-9,12,14,17H,3-4,10-11,13H2. The Morgan fingerprint density at radius 3 is 2.90 bits per heavy atom. The zero-order valence-corrected chi connectivity index (χ0v) is 17.0. The second-order valence-electron chi connectivity index (χ2n) is 7.36. The van der Waals surface area contributed by atoms with Crippen LogP contribution in [-0.2, 0) is 11.2 Å². The Morgan fingerprint density at radius 1 is 1.17 bits per heavy atom. The molecular formula is C22H20ClN5O2. The van der Waals surface area contributed by atoms with Gasteiger partial charge in [-0.25, -0.2) is 4.98 Å². The van der Waals surface area contributed by atoms with Gasteiger partial charge in [0.1, 0.15) is 0 Å². The molecule has 152 valence electrons. The Morgan fingerprint density at radius 2 is 2.03 bits per heavy atom. The number of oxazole rings is 1. The SMILES string of the molecule is O=C(CCc1ncc(-c2ccc(Cl)cc2)o1)N1CCCC1c1nnc2ccccn12. The second kappa shape index (κ2) is 7.91. The Balaban J connectivity index is 1.27. The maximum absolute atomic E-state index is 13.0. The predicted octanol–water partition coefficient (Wildman–Crippen LogP) is 4.33. The van der Waals surface area contributed by atoms with E-state index in [-0.39, 0.29) is 11.9 Å². The highest BCUT2D eigenvalue weighted by atomic mass is 35.5. The molecule has 7 nitrogen and oxygen atoms in total. The van der Waals surface area contributed by atoms with E-state index in [1.807, 2.05) is 58.0 Å². The van der Waals surface area contributed by atoms with Crippen molar-refractivity contribution >= 4 is 23.2 Å². The molecule has 1 aliphatic rings. The van der Waals surface area contributed by atoms with E-state index in [0.29, 0.717) is 29.5 Å². The van der Waals surface area contributed by atoms with Crippen LogP contribution in [0.15, 0.2) is 59.3 Å². The smallest absolute Gasteiger partial charge is 0.223 e. The summed E-state index contributed by atoms with van der Waals surface area (Å²) in [6.45, 7) is 0.729. The van der Waals surface area contributed by atoms with Crippen LogP contribution in [0.5, 0.6) is 0 Å². The molecule has 30 heavy (non-hydrogen) atoms. The summed E-state index contributed by atoms with van der Waals surface area (Å²) in [6, 6.07) is 13.1. The third-order valence-electron chi connectivity index (χ3n) is 5.45. The molecule has 1 aliphatic heterocycles. The van der Waals surface area contributed by atoms with Gasteiger partial charge in [-0.05, 0) is 49.2 Å². The number of benzene rings is 1. The minimum atomic E-state index is -0.0518. The van der Waals surface area contributed by atoms with Gasteiger partial charge in [0, 0.05) is 36.2 Å². The lowest BCUT2D eigenvalue weighted by atomic mass is 10.2. The van der Waals surface area contributed by atoms with E-state index in [1.165, 1.54) is 0 Å². The fraction of sp³-hybridized carbons (Fsp3) is 0.273. The lowest BCUT2D eigenvalue weighted by molar-refractivity contribution is -0.132. The van der Waals surface area contributed by atoms with Crippen LogP contribution in [0.25, 0.3) is 17.0 Å². The van der Waals surface area contributed by atoms with Crippen LogP contribution in [0.1, 0.15) is 37.0 Å². The van der Waals surface area contributed by atoms with Gasteiger partial charge in [0.2, 0.25) is 5.91 Å². The highest BCUT2D eigenvalue weighted by Crippen LogP contribution is 2.32. The number of likely N-dealkylation sites (tertiary alicyclic amines) is 1. The monoisotopic (exact) mass is 421 g/mol. The molecule has 8 heteroatoms. The van der Waals surface area contributed by atoms with Crippen molar-refractivity contribution in [3.8, 4) is 11.3 Å². The maximum atomic E-state index is 13.0. The van der Waals surface area contributed by atoms with Crippen LogP contribution < -0.4 is 0 Å². The number of nitrogens with zero attached hydrogens (tertiary/aromatic N) is 5. The minimum absolute atomic E-state index is 0.0518.